The molecule has 0 aliphatic carbocycles. The summed E-state index contributed by atoms with van der Waals surface area (Å²) < 4.78 is 5.55. The summed E-state index contributed by atoms with van der Waals surface area (Å²) in [5, 5.41) is 0. The predicted octanol–water partition coefficient (Wildman–Crippen LogP) is 3.35. The van der Waals surface area contributed by atoms with Gasteiger partial charge < -0.3 is 4.42 Å². The van der Waals surface area contributed by atoms with E-state index >= 15 is 0 Å². The minimum absolute atomic E-state index is 0.0834. The summed E-state index contributed by atoms with van der Waals surface area (Å²) >= 11 is 0. The Morgan fingerprint density at radius 2 is 1.87 bits per heavy atom. The maximum atomic E-state index is 5.55. The molecule has 1 heteroatoms. The van der Waals surface area contributed by atoms with Crippen molar-refractivity contribution in [3.8, 4) is 12.3 Å². The topological polar surface area (TPSA) is 13.1 Å². The van der Waals surface area contributed by atoms with Crippen LogP contribution in [-0.4, -0.2) is 0 Å². The van der Waals surface area contributed by atoms with Crippen molar-refractivity contribution < 1.29 is 4.42 Å². The number of benzene rings is 1. The molecule has 0 bridgehead atoms. The Hall–Kier alpha value is -1.94. The SMILES string of the molecule is C#CC(c1ccccc1)c1ccc(C)o1. The van der Waals surface area contributed by atoms with E-state index in [0.717, 1.165) is 17.1 Å². The number of furan rings is 1. The van der Waals surface area contributed by atoms with E-state index in [1.807, 2.05) is 49.4 Å². The van der Waals surface area contributed by atoms with E-state index in [4.69, 9.17) is 10.8 Å². The molecule has 0 spiro atoms. The first-order chi connectivity index (χ1) is 7.31. The molecule has 0 aliphatic rings. The molecule has 1 atom stereocenters. The van der Waals surface area contributed by atoms with Crippen LogP contribution in [0.4, 0.5) is 0 Å². The first-order valence-electron chi connectivity index (χ1n) is 4.88. The van der Waals surface area contributed by atoms with Crippen LogP contribution in [0.3, 0.4) is 0 Å². The summed E-state index contributed by atoms with van der Waals surface area (Å²) in [4.78, 5) is 0. The second-order valence-corrected chi connectivity index (χ2v) is 3.46. The first-order valence-corrected chi connectivity index (χ1v) is 4.88. The van der Waals surface area contributed by atoms with E-state index in [1.54, 1.807) is 0 Å². The second kappa shape index (κ2) is 4.06. The normalized spacial score (nSPS) is 12.0. The van der Waals surface area contributed by atoms with Crippen molar-refractivity contribution in [1.29, 1.82) is 0 Å². The molecule has 0 N–H and O–H groups in total. The minimum atomic E-state index is -0.0834. The van der Waals surface area contributed by atoms with Crippen LogP contribution >= 0.6 is 0 Å². The molecule has 0 radical (unpaired) electrons. The monoisotopic (exact) mass is 196 g/mol. The van der Waals surface area contributed by atoms with Gasteiger partial charge in [-0.1, -0.05) is 36.3 Å². The molecule has 0 aliphatic heterocycles. The van der Waals surface area contributed by atoms with Gasteiger partial charge in [0.05, 0.1) is 0 Å². The molecule has 0 amide bonds. The van der Waals surface area contributed by atoms with Crippen LogP contribution in [0.25, 0.3) is 0 Å². The van der Waals surface area contributed by atoms with Crippen LogP contribution in [0, 0.1) is 19.3 Å². The molecular weight excluding hydrogens is 184 g/mol. The first kappa shape index (κ1) is 9.61. The lowest BCUT2D eigenvalue weighted by molar-refractivity contribution is 0.483. The number of rotatable bonds is 2. The van der Waals surface area contributed by atoms with Crippen LogP contribution < -0.4 is 0 Å². The Balaban J connectivity index is 2.38. The average molecular weight is 196 g/mol. The maximum Gasteiger partial charge on any atom is 0.123 e. The highest BCUT2D eigenvalue weighted by Crippen LogP contribution is 2.25. The Bertz CT molecular complexity index is 474. The molecule has 74 valence electrons. The van der Waals surface area contributed by atoms with Gasteiger partial charge in [0.1, 0.15) is 17.4 Å². The Morgan fingerprint density at radius 3 is 2.40 bits per heavy atom. The zero-order valence-electron chi connectivity index (χ0n) is 8.60. The third-order valence-electron chi connectivity index (χ3n) is 2.35. The molecule has 0 saturated heterocycles. The van der Waals surface area contributed by atoms with Crippen LogP contribution in [0.15, 0.2) is 46.9 Å². The average Bonchev–Trinajstić information content (AvgIpc) is 2.68. The summed E-state index contributed by atoms with van der Waals surface area (Å²) in [5.41, 5.74) is 1.09. The van der Waals surface area contributed by atoms with Gasteiger partial charge in [-0.3, -0.25) is 0 Å². The van der Waals surface area contributed by atoms with Crippen molar-refractivity contribution in [3.05, 3.63) is 59.5 Å². The van der Waals surface area contributed by atoms with Crippen molar-refractivity contribution in [2.75, 3.05) is 0 Å². The molecular formula is C14H12O. The molecule has 1 aromatic carbocycles. The molecule has 0 saturated carbocycles. The summed E-state index contributed by atoms with van der Waals surface area (Å²) in [6, 6.07) is 13.8. The van der Waals surface area contributed by atoms with Gasteiger partial charge in [0.2, 0.25) is 0 Å². The molecule has 1 heterocycles. The molecule has 15 heavy (non-hydrogen) atoms. The van der Waals surface area contributed by atoms with Crippen molar-refractivity contribution in [2.45, 2.75) is 12.8 Å². The number of aryl methyl sites for hydroxylation is 1. The van der Waals surface area contributed by atoms with Gasteiger partial charge in [0.25, 0.3) is 0 Å². The van der Waals surface area contributed by atoms with Crippen LogP contribution in [0.1, 0.15) is 23.0 Å². The summed E-state index contributed by atoms with van der Waals surface area (Å²) in [6.45, 7) is 1.92. The quantitative estimate of drug-likeness (QED) is 0.671. The van der Waals surface area contributed by atoms with Crippen LogP contribution in [0.2, 0.25) is 0 Å². The highest BCUT2D eigenvalue weighted by Gasteiger charge is 2.13. The predicted molar refractivity (Wildman–Crippen MR) is 60.6 cm³/mol. The molecule has 1 unspecified atom stereocenters. The number of terminal acetylenes is 1. The van der Waals surface area contributed by atoms with Gasteiger partial charge in [-0.25, -0.2) is 0 Å². The highest BCUT2D eigenvalue weighted by molar-refractivity contribution is 5.35. The molecule has 2 aromatic rings. The lowest BCUT2D eigenvalue weighted by Crippen LogP contribution is -1.95. The van der Waals surface area contributed by atoms with Gasteiger partial charge in [0, 0.05) is 0 Å². The highest BCUT2D eigenvalue weighted by atomic mass is 16.3. The fourth-order valence-corrected chi connectivity index (χ4v) is 1.60. The Labute approximate surface area is 89.7 Å². The van der Waals surface area contributed by atoms with Crippen molar-refractivity contribution in [2.24, 2.45) is 0 Å². The third-order valence-corrected chi connectivity index (χ3v) is 2.35. The Morgan fingerprint density at radius 1 is 1.13 bits per heavy atom. The van der Waals surface area contributed by atoms with Gasteiger partial charge in [-0.05, 0) is 24.6 Å². The van der Waals surface area contributed by atoms with E-state index < -0.39 is 0 Å². The molecule has 2 rings (SSSR count). The van der Waals surface area contributed by atoms with E-state index in [2.05, 4.69) is 5.92 Å². The van der Waals surface area contributed by atoms with Gasteiger partial charge in [-0.15, -0.1) is 6.42 Å². The molecule has 1 aromatic heterocycles. The molecule has 1 nitrogen and oxygen atoms in total. The lowest BCUT2D eigenvalue weighted by atomic mass is 9.98. The second-order valence-electron chi connectivity index (χ2n) is 3.46. The van der Waals surface area contributed by atoms with E-state index in [0.29, 0.717) is 0 Å². The zero-order valence-corrected chi connectivity index (χ0v) is 8.60. The van der Waals surface area contributed by atoms with Gasteiger partial charge >= 0.3 is 0 Å². The van der Waals surface area contributed by atoms with Crippen LogP contribution in [0.5, 0.6) is 0 Å². The number of hydrogen-bond donors (Lipinski definition) is 0. The fraction of sp³-hybridized carbons (Fsp3) is 0.143. The van der Waals surface area contributed by atoms with Gasteiger partial charge in [-0.2, -0.15) is 0 Å². The standard InChI is InChI=1S/C14H12O/c1-3-13(12-7-5-4-6-8-12)14-10-9-11(2)15-14/h1,4-10,13H,2H3. The van der Waals surface area contributed by atoms with Crippen molar-refractivity contribution in [3.63, 3.8) is 0 Å². The van der Waals surface area contributed by atoms with E-state index in [-0.39, 0.29) is 5.92 Å². The minimum Gasteiger partial charge on any atom is -0.465 e. The van der Waals surface area contributed by atoms with E-state index in [1.165, 1.54) is 0 Å². The lowest BCUT2D eigenvalue weighted by Gasteiger charge is -2.07. The largest absolute Gasteiger partial charge is 0.465 e. The number of hydrogen-bond acceptors (Lipinski definition) is 1. The van der Waals surface area contributed by atoms with Crippen molar-refractivity contribution in [1.82, 2.24) is 0 Å². The summed E-state index contributed by atoms with van der Waals surface area (Å²) in [5.74, 6) is 4.40. The van der Waals surface area contributed by atoms with Gasteiger partial charge in [0.15, 0.2) is 0 Å². The third kappa shape index (κ3) is 1.94. The fourth-order valence-electron chi connectivity index (χ4n) is 1.60. The smallest absolute Gasteiger partial charge is 0.123 e. The van der Waals surface area contributed by atoms with Crippen LogP contribution in [-0.2, 0) is 0 Å². The zero-order chi connectivity index (χ0) is 10.7. The summed E-state index contributed by atoms with van der Waals surface area (Å²) in [6.07, 6.45) is 5.54. The van der Waals surface area contributed by atoms with E-state index in [9.17, 15) is 0 Å². The van der Waals surface area contributed by atoms with Crippen molar-refractivity contribution >= 4 is 0 Å². The Kier molecular flexibility index (Phi) is 2.60. The summed E-state index contributed by atoms with van der Waals surface area (Å²) in [7, 11) is 0. The maximum absolute atomic E-state index is 5.55. The molecule has 0 fully saturated rings.